The van der Waals surface area contributed by atoms with Gasteiger partial charge in [-0.05, 0) is 44.5 Å². The van der Waals surface area contributed by atoms with Gasteiger partial charge in [0.15, 0.2) is 0 Å². The Balaban J connectivity index is 1.89. The number of rotatable bonds is 2. The van der Waals surface area contributed by atoms with E-state index < -0.39 is 23.2 Å². The number of anilines is 1. The Hall–Kier alpha value is -2.59. The molecule has 1 aromatic heterocycles. The molecule has 0 unspecified atom stereocenters. The number of thioether (sulfide) groups is 1. The molecule has 0 bridgehead atoms. The average Bonchev–Trinajstić information content (AvgIpc) is 2.75. The number of hydrogen-bond acceptors (Lipinski definition) is 5. The highest BCUT2D eigenvalue weighted by molar-refractivity contribution is 7.99. The maximum absolute atomic E-state index is 14.4. The number of nitrogens with one attached hydrogen (secondary N) is 1. The third kappa shape index (κ3) is 3.86. The molecule has 1 N–H and O–H groups in total. The van der Waals surface area contributed by atoms with E-state index in [-0.39, 0.29) is 35.1 Å². The van der Waals surface area contributed by atoms with E-state index in [1.165, 1.54) is 28.5 Å². The number of aromatic nitrogens is 2. The fourth-order valence-electron chi connectivity index (χ4n) is 5.05. The predicted octanol–water partition coefficient (Wildman–Crippen LogP) is 5.07. The lowest BCUT2D eigenvalue weighted by molar-refractivity contribution is -0.137. The zero-order chi connectivity index (χ0) is 24.4. The maximum atomic E-state index is 14.4. The normalized spacial score (nSPS) is 22.9. The van der Waals surface area contributed by atoms with E-state index in [1.807, 2.05) is 25.7 Å². The predicted molar refractivity (Wildman–Crippen MR) is 126 cm³/mol. The molecule has 2 aliphatic heterocycles. The van der Waals surface area contributed by atoms with Gasteiger partial charge in [-0.25, -0.2) is 9.18 Å². The molecule has 34 heavy (non-hydrogen) atoms. The highest BCUT2D eigenvalue weighted by Gasteiger charge is 2.39. The number of piperazine rings is 1. The molecule has 3 aromatic rings. The lowest BCUT2D eigenvalue weighted by Crippen LogP contribution is -2.55. The van der Waals surface area contributed by atoms with E-state index in [1.54, 1.807) is 0 Å². The van der Waals surface area contributed by atoms with E-state index in [0.717, 1.165) is 18.2 Å². The average molecular weight is 493 g/mol. The minimum absolute atomic E-state index is 0.0238. The first-order chi connectivity index (χ1) is 16.0. The number of alkyl halides is 3. The third-order valence-corrected chi connectivity index (χ3v) is 7.68. The summed E-state index contributed by atoms with van der Waals surface area (Å²) in [4.78, 5) is 19.8. The minimum atomic E-state index is -4.65. The SMILES string of the molecule is C[C@@H]1CN(c2nc(=O)n3c4c(c(-c5ccc(F)cc5)c(C(F)(F)F)cc24)SC[C@@H]3C)C[C@H](C)N1. The lowest BCUT2D eigenvalue weighted by atomic mass is 9.96. The molecule has 0 amide bonds. The maximum Gasteiger partial charge on any atom is 0.417 e. The Morgan fingerprint density at radius 3 is 2.35 bits per heavy atom. The van der Waals surface area contributed by atoms with Gasteiger partial charge < -0.3 is 10.2 Å². The fourth-order valence-corrected chi connectivity index (χ4v) is 6.33. The zero-order valence-corrected chi connectivity index (χ0v) is 19.7. The van der Waals surface area contributed by atoms with Gasteiger partial charge in [-0.2, -0.15) is 18.2 Å². The van der Waals surface area contributed by atoms with Gasteiger partial charge in [-0.15, -0.1) is 11.8 Å². The standard InChI is InChI=1S/C24H24F4N4OS/c1-12-9-31(10-13(2)29-12)22-17-8-18(24(26,27)28)19(15-4-6-16(25)7-5-15)21-20(17)32(23(33)30-22)14(3)11-34-21/h4-8,12-14,29H,9-11H2,1-3H3/t12-,13+,14-/m0/s1. The first kappa shape index (κ1) is 23.2. The van der Waals surface area contributed by atoms with Crippen molar-refractivity contribution in [3.05, 3.63) is 52.2 Å². The molecule has 0 spiro atoms. The molecule has 5 nitrogen and oxygen atoms in total. The molecule has 0 saturated carbocycles. The van der Waals surface area contributed by atoms with Crippen LogP contribution in [-0.4, -0.2) is 40.5 Å². The zero-order valence-electron chi connectivity index (χ0n) is 18.9. The van der Waals surface area contributed by atoms with Crippen LogP contribution in [0.25, 0.3) is 22.0 Å². The van der Waals surface area contributed by atoms with Crippen LogP contribution in [-0.2, 0) is 6.18 Å². The molecular weight excluding hydrogens is 468 g/mol. The summed E-state index contributed by atoms with van der Waals surface area (Å²) in [7, 11) is 0. The number of nitrogens with zero attached hydrogens (tertiary/aromatic N) is 3. The van der Waals surface area contributed by atoms with Crippen molar-refractivity contribution in [3.63, 3.8) is 0 Å². The Kier molecular flexibility index (Phi) is 5.63. The van der Waals surface area contributed by atoms with Crippen LogP contribution in [0.15, 0.2) is 40.0 Å². The summed E-state index contributed by atoms with van der Waals surface area (Å²) < 4.78 is 58.4. The smallest absolute Gasteiger partial charge is 0.353 e. The van der Waals surface area contributed by atoms with E-state index >= 15 is 0 Å². The number of benzene rings is 2. The van der Waals surface area contributed by atoms with E-state index in [0.29, 0.717) is 34.6 Å². The van der Waals surface area contributed by atoms with E-state index in [2.05, 4.69) is 10.3 Å². The van der Waals surface area contributed by atoms with Crippen LogP contribution in [0.4, 0.5) is 23.4 Å². The quantitative estimate of drug-likeness (QED) is 0.506. The van der Waals surface area contributed by atoms with E-state index in [4.69, 9.17) is 0 Å². The van der Waals surface area contributed by atoms with Crippen LogP contribution in [0.1, 0.15) is 32.4 Å². The summed E-state index contributed by atoms with van der Waals surface area (Å²) in [6.45, 7) is 6.89. The summed E-state index contributed by atoms with van der Waals surface area (Å²) in [5, 5.41) is 3.71. The van der Waals surface area contributed by atoms with Crippen molar-refractivity contribution in [1.29, 1.82) is 0 Å². The largest absolute Gasteiger partial charge is 0.417 e. The van der Waals surface area contributed by atoms with Gasteiger partial charge in [-0.1, -0.05) is 12.1 Å². The number of hydrogen-bond donors (Lipinski definition) is 1. The molecule has 1 saturated heterocycles. The summed E-state index contributed by atoms with van der Waals surface area (Å²) in [6, 6.07) is 6.07. The third-order valence-electron chi connectivity index (χ3n) is 6.35. The molecule has 1 fully saturated rings. The molecule has 3 atom stereocenters. The van der Waals surface area contributed by atoms with Gasteiger partial charge in [0.2, 0.25) is 0 Å². The Morgan fingerprint density at radius 2 is 1.74 bits per heavy atom. The summed E-state index contributed by atoms with van der Waals surface area (Å²) in [6.07, 6.45) is -4.65. The first-order valence-electron chi connectivity index (χ1n) is 11.1. The van der Waals surface area contributed by atoms with Crippen LogP contribution in [0.2, 0.25) is 0 Å². The second-order valence-corrected chi connectivity index (χ2v) is 10.2. The molecule has 0 radical (unpaired) electrons. The van der Waals surface area contributed by atoms with Gasteiger partial charge >= 0.3 is 11.9 Å². The summed E-state index contributed by atoms with van der Waals surface area (Å²) in [5.41, 5.74) is -0.586. The number of halogens is 4. The van der Waals surface area contributed by atoms with Crippen molar-refractivity contribution in [1.82, 2.24) is 14.9 Å². The van der Waals surface area contributed by atoms with Gasteiger partial charge in [0.1, 0.15) is 11.6 Å². The molecular formula is C24H24F4N4OS. The molecule has 180 valence electrons. The summed E-state index contributed by atoms with van der Waals surface area (Å²) in [5.74, 6) is 0.183. The van der Waals surface area contributed by atoms with Crippen molar-refractivity contribution in [3.8, 4) is 11.1 Å². The van der Waals surface area contributed by atoms with Crippen molar-refractivity contribution >= 4 is 28.5 Å². The van der Waals surface area contributed by atoms with Crippen molar-refractivity contribution < 1.29 is 17.6 Å². The molecule has 10 heteroatoms. The van der Waals surface area contributed by atoms with Crippen molar-refractivity contribution in [2.45, 2.75) is 50.0 Å². The monoisotopic (exact) mass is 492 g/mol. The Morgan fingerprint density at radius 1 is 1.09 bits per heavy atom. The second-order valence-electron chi connectivity index (χ2n) is 9.15. The molecule has 3 heterocycles. The summed E-state index contributed by atoms with van der Waals surface area (Å²) >= 11 is 1.30. The van der Waals surface area contributed by atoms with Crippen LogP contribution in [0.3, 0.4) is 0 Å². The van der Waals surface area contributed by atoms with Gasteiger partial charge in [0, 0.05) is 52.8 Å². The van der Waals surface area contributed by atoms with Gasteiger partial charge in [0.25, 0.3) is 0 Å². The molecule has 0 aliphatic carbocycles. The van der Waals surface area contributed by atoms with Crippen LogP contribution >= 0.6 is 11.8 Å². The lowest BCUT2D eigenvalue weighted by Gasteiger charge is -2.38. The Labute approximate surface area is 198 Å². The molecule has 2 aliphatic rings. The van der Waals surface area contributed by atoms with Crippen LogP contribution < -0.4 is 15.9 Å². The van der Waals surface area contributed by atoms with Crippen LogP contribution in [0.5, 0.6) is 0 Å². The van der Waals surface area contributed by atoms with Crippen molar-refractivity contribution in [2.75, 3.05) is 23.7 Å². The highest BCUT2D eigenvalue weighted by Crippen LogP contribution is 2.49. The minimum Gasteiger partial charge on any atom is -0.353 e. The van der Waals surface area contributed by atoms with Gasteiger partial charge in [-0.3, -0.25) is 4.57 Å². The fraction of sp³-hybridized carbons (Fsp3) is 0.417. The Bertz CT molecular complexity index is 1310. The van der Waals surface area contributed by atoms with Crippen molar-refractivity contribution in [2.24, 2.45) is 0 Å². The topological polar surface area (TPSA) is 50.2 Å². The van der Waals surface area contributed by atoms with Crippen LogP contribution in [0, 0.1) is 5.82 Å². The first-order valence-corrected chi connectivity index (χ1v) is 12.1. The highest BCUT2D eigenvalue weighted by atomic mass is 32.2. The van der Waals surface area contributed by atoms with Gasteiger partial charge in [0.05, 0.1) is 11.1 Å². The van der Waals surface area contributed by atoms with E-state index in [9.17, 15) is 22.4 Å². The second kappa shape index (κ2) is 8.27. The molecule has 5 rings (SSSR count). The molecule has 2 aromatic carbocycles.